The van der Waals surface area contributed by atoms with E-state index in [1.165, 1.54) is 17.7 Å². The van der Waals surface area contributed by atoms with Crippen molar-refractivity contribution in [2.75, 3.05) is 11.1 Å². The van der Waals surface area contributed by atoms with Crippen LogP contribution in [0.25, 0.3) is 0 Å². The fraction of sp³-hybridized carbons (Fsp3) is 0.417. The second kappa shape index (κ2) is 3.56. The molecule has 0 spiro atoms. The van der Waals surface area contributed by atoms with Gasteiger partial charge < -0.3 is 5.32 Å². The van der Waals surface area contributed by atoms with Crippen LogP contribution in [0.1, 0.15) is 23.7 Å². The summed E-state index contributed by atoms with van der Waals surface area (Å²) in [6.07, 6.45) is 2.21. The molecule has 0 bridgehead atoms. The summed E-state index contributed by atoms with van der Waals surface area (Å²) in [5.74, 6) is 1.59. The van der Waals surface area contributed by atoms with Crippen LogP contribution in [0.4, 0.5) is 5.69 Å². The van der Waals surface area contributed by atoms with Gasteiger partial charge in [-0.15, -0.1) is 0 Å². The molecule has 0 radical (unpaired) electrons. The van der Waals surface area contributed by atoms with Gasteiger partial charge in [0, 0.05) is 10.9 Å². The largest absolute Gasteiger partial charge is 0.326 e. The molecule has 0 saturated carbocycles. The maximum absolute atomic E-state index is 11.9. The Morgan fingerprint density at radius 2 is 2.20 bits per heavy atom. The standard InChI is InChI=1S/C12H13NOS/c14-12-9-5-3-7-15-11(9)8-4-1-2-6-10(8)13-12/h1-2,4,6,9,11H,3,5,7H2,(H,13,14)/t9-,11+/m1/s1. The lowest BCUT2D eigenvalue weighted by Crippen LogP contribution is -2.34. The summed E-state index contributed by atoms with van der Waals surface area (Å²) in [4.78, 5) is 11.9. The van der Waals surface area contributed by atoms with Crippen LogP contribution in [0.3, 0.4) is 0 Å². The SMILES string of the molecule is O=C1Nc2ccccc2[C@@H]2SCCC[C@@H]12. The first-order chi connectivity index (χ1) is 7.36. The van der Waals surface area contributed by atoms with Crippen molar-refractivity contribution in [2.45, 2.75) is 18.1 Å². The predicted octanol–water partition coefficient (Wildman–Crippen LogP) is 2.82. The fourth-order valence-corrected chi connectivity index (χ4v) is 3.90. The third kappa shape index (κ3) is 1.46. The molecule has 2 aliphatic rings. The van der Waals surface area contributed by atoms with E-state index in [2.05, 4.69) is 17.4 Å². The fourth-order valence-electron chi connectivity index (χ4n) is 2.44. The van der Waals surface area contributed by atoms with Crippen LogP contribution in [0.2, 0.25) is 0 Å². The highest BCUT2D eigenvalue weighted by Crippen LogP contribution is 2.48. The molecule has 15 heavy (non-hydrogen) atoms. The second-order valence-electron chi connectivity index (χ2n) is 4.12. The van der Waals surface area contributed by atoms with Gasteiger partial charge in [-0.25, -0.2) is 0 Å². The number of fused-ring (bicyclic) bond motifs is 3. The quantitative estimate of drug-likeness (QED) is 0.727. The van der Waals surface area contributed by atoms with E-state index in [0.29, 0.717) is 5.25 Å². The third-order valence-corrected chi connectivity index (χ3v) is 4.65. The van der Waals surface area contributed by atoms with E-state index >= 15 is 0 Å². The molecule has 1 N–H and O–H groups in total. The molecule has 1 fully saturated rings. The summed E-state index contributed by atoms with van der Waals surface area (Å²) in [7, 11) is 0. The average molecular weight is 219 g/mol. The zero-order valence-corrected chi connectivity index (χ0v) is 9.22. The van der Waals surface area contributed by atoms with Crippen molar-refractivity contribution in [3.63, 3.8) is 0 Å². The summed E-state index contributed by atoms with van der Waals surface area (Å²) in [6.45, 7) is 0. The zero-order chi connectivity index (χ0) is 10.3. The van der Waals surface area contributed by atoms with E-state index in [0.717, 1.165) is 12.1 Å². The highest BCUT2D eigenvalue weighted by Gasteiger charge is 2.37. The number of rotatable bonds is 0. The molecule has 1 aromatic carbocycles. The number of hydrogen-bond donors (Lipinski definition) is 1. The van der Waals surface area contributed by atoms with E-state index in [4.69, 9.17) is 0 Å². The van der Waals surface area contributed by atoms with Gasteiger partial charge in [-0.3, -0.25) is 4.79 Å². The van der Waals surface area contributed by atoms with Crippen molar-refractivity contribution in [2.24, 2.45) is 5.92 Å². The van der Waals surface area contributed by atoms with Crippen LogP contribution in [-0.4, -0.2) is 11.7 Å². The van der Waals surface area contributed by atoms with E-state index in [1.54, 1.807) is 0 Å². The number of hydrogen-bond acceptors (Lipinski definition) is 2. The molecule has 1 amide bonds. The smallest absolute Gasteiger partial charge is 0.228 e. The molecular formula is C12H13NOS. The predicted molar refractivity (Wildman–Crippen MR) is 63.0 cm³/mol. The third-order valence-electron chi connectivity index (χ3n) is 3.18. The Bertz CT molecular complexity index is 404. The topological polar surface area (TPSA) is 29.1 Å². The Labute approximate surface area is 93.4 Å². The molecular weight excluding hydrogens is 206 g/mol. The van der Waals surface area contributed by atoms with Gasteiger partial charge in [0.05, 0.1) is 5.92 Å². The Morgan fingerprint density at radius 3 is 3.13 bits per heavy atom. The van der Waals surface area contributed by atoms with Crippen LogP contribution in [-0.2, 0) is 4.79 Å². The molecule has 0 aromatic heterocycles. The summed E-state index contributed by atoms with van der Waals surface area (Å²) >= 11 is 1.93. The van der Waals surface area contributed by atoms with Gasteiger partial charge >= 0.3 is 0 Å². The molecule has 2 heterocycles. The van der Waals surface area contributed by atoms with E-state index in [1.807, 2.05) is 23.9 Å². The van der Waals surface area contributed by atoms with Gasteiger partial charge in [-0.05, 0) is 30.2 Å². The minimum absolute atomic E-state index is 0.193. The summed E-state index contributed by atoms with van der Waals surface area (Å²) in [5, 5.41) is 3.40. The van der Waals surface area contributed by atoms with Crippen LogP contribution in [0.5, 0.6) is 0 Å². The monoisotopic (exact) mass is 219 g/mol. The van der Waals surface area contributed by atoms with Gasteiger partial charge in [-0.2, -0.15) is 11.8 Å². The highest BCUT2D eigenvalue weighted by atomic mass is 32.2. The van der Waals surface area contributed by atoms with E-state index in [9.17, 15) is 4.79 Å². The molecule has 78 valence electrons. The minimum Gasteiger partial charge on any atom is -0.326 e. The number of anilines is 1. The van der Waals surface area contributed by atoms with Gasteiger partial charge in [0.1, 0.15) is 0 Å². The van der Waals surface area contributed by atoms with Crippen molar-refractivity contribution >= 4 is 23.4 Å². The number of amides is 1. The number of thioether (sulfide) groups is 1. The van der Waals surface area contributed by atoms with Crippen LogP contribution >= 0.6 is 11.8 Å². The molecule has 2 aliphatic heterocycles. The molecule has 2 nitrogen and oxygen atoms in total. The lowest BCUT2D eigenvalue weighted by Gasteiger charge is -2.35. The minimum atomic E-state index is 0.193. The molecule has 1 aromatic rings. The number of para-hydroxylation sites is 1. The normalized spacial score (nSPS) is 28.9. The van der Waals surface area contributed by atoms with Gasteiger partial charge in [0.15, 0.2) is 0 Å². The Kier molecular flexibility index (Phi) is 2.20. The first kappa shape index (κ1) is 9.28. The molecule has 0 aliphatic carbocycles. The summed E-state index contributed by atoms with van der Waals surface area (Å²) < 4.78 is 0. The maximum atomic E-state index is 11.9. The number of carbonyl (C=O) groups is 1. The molecule has 0 unspecified atom stereocenters. The molecule has 3 rings (SSSR count). The molecule has 1 saturated heterocycles. The van der Waals surface area contributed by atoms with Crippen LogP contribution in [0, 0.1) is 5.92 Å². The van der Waals surface area contributed by atoms with E-state index in [-0.39, 0.29) is 11.8 Å². The van der Waals surface area contributed by atoms with Gasteiger partial charge in [0.25, 0.3) is 0 Å². The van der Waals surface area contributed by atoms with Crippen molar-refractivity contribution in [1.82, 2.24) is 0 Å². The molecule has 2 atom stereocenters. The van der Waals surface area contributed by atoms with Gasteiger partial charge in [-0.1, -0.05) is 18.2 Å². The Morgan fingerprint density at radius 1 is 1.33 bits per heavy atom. The van der Waals surface area contributed by atoms with Crippen LogP contribution < -0.4 is 5.32 Å². The lowest BCUT2D eigenvalue weighted by atomic mass is 9.89. The number of benzene rings is 1. The Balaban J connectivity index is 2.06. The van der Waals surface area contributed by atoms with Crippen molar-refractivity contribution < 1.29 is 4.79 Å². The maximum Gasteiger partial charge on any atom is 0.228 e. The highest BCUT2D eigenvalue weighted by molar-refractivity contribution is 7.99. The van der Waals surface area contributed by atoms with E-state index < -0.39 is 0 Å². The van der Waals surface area contributed by atoms with Crippen LogP contribution in [0.15, 0.2) is 24.3 Å². The molecule has 3 heteroatoms. The average Bonchev–Trinajstić information content (AvgIpc) is 2.30. The number of nitrogens with one attached hydrogen (secondary N) is 1. The Hall–Kier alpha value is -0.960. The van der Waals surface area contributed by atoms with Crippen molar-refractivity contribution in [1.29, 1.82) is 0 Å². The second-order valence-corrected chi connectivity index (χ2v) is 5.37. The van der Waals surface area contributed by atoms with Crippen molar-refractivity contribution in [3.8, 4) is 0 Å². The van der Waals surface area contributed by atoms with Gasteiger partial charge in [0.2, 0.25) is 5.91 Å². The number of carbonyl (C=O) groups excluding carboxylic acids is 1. The lowest BCUT2D eigenvalue weighted by molar-refractivity contribution is -0.120. The van der Waals surface area contributed by atoms with Crippen molar-refractivity contribution in [3.05, 3.63) is 29.8 Å². The summed E-state index contributed by atoms with van der Waals surface area (Å²) in [5.41, 5.74) is 2.32. The summed E-state index contributed by atoms with van der Waals surface area (Å²) in [6, 6.07) is 8.18. The zero-order valence-electron chi connectivity index (χ0n) is 8.40. The first-order valence-electron chi connectivity index (χ1n) is 5.37. The first-order valence-corrected chi connectivity index (χ1v) is 6.42.